The normalized spacial score (nSPS) is 10.5. The van der Waals surface area contributed by atoms with Crippen molar-refractivity contribution in [1.82, 2.24) is 0 Å². The molecule has 0 aliphatic heterocycles. The molecule has 0 unspecified atom stereocenters. The number of carbonyl (C=O) groups is 2. The second kappa shape index (κ2) is 9.59. The number of benzene rings is 2. The molecule has 2 aromatic carbocycles. The predicted octanol–water partition coefficient (Wildman–Crippen LogP) is 5.53. The average Bonchev–Trinajstić information content (AvgIpc) is 3.14. The van der Waals surface area contributed by atoms with Crippen molar-refractivity contribution in [2.24, 2.45) is 0 Å². The molecule has 0 spiro atoms. The molecule has 156 valence electrons. The molecule has 3 aromatic rings. The van der Waals surface area contributed by atoms with Gasteiger partial charge < -0.3 is 14.8 Å². The van der Waals surface area contributed by atoms with Crippen molar-refractivity contribution in [2.75, 3.05) is 18.5 Å². The maximum Gasteiger partial charge on any atom is 0.341 e. The van der Waals surface area contributed by atoms with E-state index >= 15 is 0 Å². The van der Waals surface area contributed by atoms with Crippen LogP contribution in [0.3, 0.4) is 0 Å². The lowest BCUT2D eigenvalue weighted by Crippen LogP contribution is -2.21. The number of anilines is 1. The van der Waals surface area contributed by atoms with Gasteiger partial charge in [-0.25, -0.2) is 4.79 Å². The number of nitrogens with one attached hydrogen (secondary N) is 1. The van der Waals surface area contributed by atoms with Crippen LogP contribution in [-0.2, 0) is 9.53 Å². The molecule has 3 rings (SSSR count). The average molecular weight is 424 g/mol. The molecule has 1 amide bonds. The van der Waals surface area contributed by atoms with Gasteiger partial charge in [-0.2, -0.15) is 0 Å². The lowest BCUT2D eigenvalue weighted by molar-refractivity contribution is -0.118. The first-order valence-corrected chi connectivity index (χ1v) is 10.6. The van der Waals surface area contributed by atoms with Gasteiger partial charge in [0.2, 0.25) is 0 Å². The van der Waals surface area contributed by atoms with Gasteiger partial charge >= 0.3 is 5.97 Å². The number of carbonyl (C=O) groups excluding carboxylic acids is 2. The van der Waals surface area contributed by atoms with Crippen LogP contribution < -0.4 is 10.1 Å². The van der Waals surface area contributed by atoms with Crippen molar-refractivity contribution >= 4 is 28.2 Å². The first kappa shape index (κ1) is 21.6. The summed E-state index contributed by atoms with van der Waals surface area (Å²) in [4.78, 5) is 25.2. The summed E-state index contributed by atoms with van der Waals surface area (Å²) in [6.45, 7) is 7.83. The molecule has 0 bridgehead atoms. The highest BCUT2D eigenvalue weighted by Gasteiger charge is 2.23. The van der Waals surface area contributed by atoms with Gasteiger partial charge in [0.05, 0.1) is 6.61 Å². The molecule has 1 N–H and O–H groups in total. The molecule has 1 aromatic heterocycles. The van der Waals surface area contributed by atoms with E-state index in [1.807, 2.05) is 62.5 Å². The molecular formula is C24H25NO4S. The Morgan fingerprint density at radius 3 is 2.50 bits per heavy atom. The molecule has 0 radical (unpaired) electrons. The lowest BCUT2D eigenvalue weighted by atomic mass is 10.0. The van der Waals surface area contributed by atoms with Crippen LogP contribution in [0, 0.1) is 20.8 Å². The number of hydrogen-bond donors (Lipinski definition) is 1. The Morgan fingerprint density at radius 2 is 1.80 bits per heavy atom. The number of rotatable bonds is 7. The number of aryl methyl sites for hydroxylation is 2. The molecule has 30 heavy (non-hydrogen) atoms. The highest BCUT2D eigenvalue weighted by molar-refractivity contribution is 7.15. The van der Waals surface area contributed by atoms with Gasteiger partial charge in [-0.1, -0.05) is 36.4 Å². The van der Waals surface area contributed by atoms with Crippen molar-refractivity contribution in [3.63, 3.8) is 0 Å². The lowest BCUT2D eigenvalue weighted by Gasteiger charge is -2.13. The number of esters is 1. The molecule has 1 heterocycles. The van der Waals surface area contributed by atoms with Crippen LogP contribution in [0.25, 0.3) is 11.1 Å². The first-order valence-electron chi connectivity index (χ1n) is 9.75. The summed E-state index contributed by atoms with van der Waals surface area (Å²) in [6, 6.07) is 13.5. The largest absolute Gasteiger partial charge is 0.483 e. The predicted molar refractivity (Wildman–Crippen MR) is 120 cm³/mol. The van der Waals surface area contributed by atoms with Gasteiger partial charge in [-0.3, -0.25) is 4.79 Å². The Kier molecular flexibility index (Phi) is 6.90. The first-order chi connectivity index (χ1) is 14.4. The second-order valence-electron chi connectivity index (χ2n) is 6.98. The highest BCUT2D eigenvalue weighted by atomic mass is 32.1. The molecule has 5 nitrogen and oxygen atoms in total. The topological polar surface area (TPSA) is 64.6 Å². The third-order valence-electron chi connectivity index (χ3n) is 4.73. The van der Waals surface area contributed by atoms with Gasteiger partial charge in [-0.15, -0.1) is 11.3 Å². The molecule has 0 atom stereocenters. The molecule has 0 fully saturated rings. The summed E-state index contributed by atoms with van der Waals surface area (Å²) in [5, 5.41) is 5.12. The summed E-state index contributed by atoms with van der Waals surface area (Å²) < 4.78 is 11.0. The summed E-state index contributed by atoms with van der Waals surface area (Å²) in [5.41, 5.74) is 5.18. The zero-order valence-corrected chi connectivity index (χ0v) is 18.4. The molecule has 0 aliphatic rings. The monoisotopic (exact) mass is 423 g/mol. The van der Waals surface area contributed by atoms with Crippen LogP contribution >= 0.6 is 11.3 Å². The van der Waals surface area contributed by atoms with E-state index < -0.39 is 5.97 Å². The maximum absolute atomic E-state index is 12.6. The van der Waals surface area contributed by atoms with Crippen LogP contribution in [0.1, 0.15) is 34.0 Å². The number of hydrogen-bond acceptors (Lipinski definition) is 5. The van der Waals surface area contributed by atoms with E-state index in [4.69, 9.17) is 9.47 Å². The van der Waals surface area contributed by atoms with E-state index in [0.29, 0.717) is 16.3 Å². The minimum absolute atomic E-state index is 0.148. The molecule has 0 saturated heterocycles. The summed E-state index contributed by atoms with van der Waals surface area (Å²) in [7, 11) is 0. The van der Waals surface area contributed by atoms with Crippen molar-refractivity contribution in [1.29, 1.82) is 0 Å². The minimum Gasteiger partial charge on any atom is -0.483 e. The van der Waals surface area contributed by atoms with Gasteiger partial charge in [-0.05, 0) is 56.0 Å². The Balaban J connectivity index is 1.80. The standard InChI is InChI=1S/C24H25NO4S/c1-5-28-24(27)22-19(18-9-7-6-8-10-18)14-30-23(22)25-21(26)13-29-20-12-15(2)11-16(3)17(20)4/h6-12,14H,5,13H2,1-4H3,(H,25,26). The second-order valence-corrected chi connectivity index (χ2v) is 7.86. The number of thiophene rings is 1. The molecular weight excluding hydrogens is 398 g/mol. The Bertz CT molecular complexity index is 1060. The third-order valence-corrected chi connectivity index (χ3v) is 5.63. The minimum atomic E-state index is -0.459. The highest BCUT2D eigenvalue weighted by Crippen LogP contribution is 2.36. The van der Waals surface area contributed by atoms with Crippen molar-refractivity contribution in [3.8, 4) is 16.9 Å². The smallest absolute Gasteiger partial charge is 0.341 e. The SMILES string of the molecule is CCOC(=O)c1c(-c2ccccc2)csc1NC(=O)COc1cc(C)cc(C)c1C. The fourth-order valence-corrected chi connectivity index (χ4v) is 4.12. The van der Waals surface area contributed by atoms with Crippen LogP contribution in [-0.4, -0.2) is 25.1 Å². The number of ether oxygens (including phenoxy) is 2. The Morgan fingerprint density at radius 1 is 1.07 bits per heavy atom. The van der Waals surface area contributed by atoms with Gasteiger partial charge in [0.1, 0.15) is 16.3 Å². The van der Waals surface area contributed by atoms with Gasteiger partial charge in [0.25, 0.3) is 5.91 Å². The molecule has 0 aliphatic carbocycles. The summed E-state index contributed by atoms with van der Waals surface area (Å²) in [6.07, 6.45) is 0. The quantitative estimate of drug-likeness (QED) is 0.507. The van der Waals surface area contributed by atoms with Gasteiger partial charge in [0.15, 0.2) is 6.61 Å². The molecule has 0 saturated carbocycles. The maximum atomic E-state index is 12.6. The van der Waals surface area contributed by atoms with E-state index in [2.05, 4.69) is 11.4 Å². The van der Waals surface area contributed by atoms with Crippen LogP contribution in [0.2, 0.25) is 0 Å². The van der Waals surface area contributed by atoms with Crippen LogP contribution in [0.5, 0.6) is 5.75 Å². The number of amides is 1. The zero-order chi connectivity index (χ0) is 21.7. The van der Waals surface area contributed by atoms with E-state index in [1.54, 1.807) is 6.92 Å². The Hall–Kier alpha value is -3.12. The van der Waals surface area contributed by atoms with Gasteiger partial charge in [0, 0.05) is 10.9 Å². The van der Waals surface area contributed by atoms with E-state index in [0.717, 1.165) is 27.8 Å². The van der Waals surface area contributed by atoms with Crippen LogP contribution in [0.4, 0.5) is 5.00 Å². The van der Waals surface area contributed by atoms with Crippen molar-refractivity contribution in [2.45, 2.75) is 27.7 Å². The van der Waals surface area contributed by atoms with Crippen LogP contribution in [0.15, 0.2) is 47.8 Å². The van der Waals surface area contributed by atoms with E-state index in [-0.39, 0.29) is 19.1 Å². The molecule has 6 heteroatoms. The van der Waals surface area contributed by atoms with E-state index in [1.165, 1.54) is 11.3 Å². The third kappa shape index (κ3) is 4.89. The summed E-state index contributed by atoms with van der Waals surface area (Å²) >= 11 is 1.29. The van der Waals surface area contributed by atoms with Crippen molar-refractivity contribution < 1.29 is 19.1 Å². The zero-order valence-electron chi connectivity index (χ0n) is 17.6. The van der Waals surface area contributed by atoms with E-state index in [9.17, 15) is 9.59 Å². The fraction of sp³-hybridized carbons (Fsp3) is 0.250. The Labute approximate surface area is 180 Å². The summed E-state index contributed by atoms with van der Waals surface area (Å²) in [5.74, 6) is -0.107. The van der Waals surface area contributed by atoms with Crippen molar-refractivity contribution in [3.05, 3.63) is 70.1 Å². The fourth-order valence-electron chi connectivity index (χ4n) is 3.14.